The Morgan fingerprint density at radius 2 is 1.30 bits per heavy atom. The Hall–Kier alpha value is -3.50. The zero-order valence-corrected chi connectivity index (χ0v) is 19.8. The fraction of sp³-hybridized carbons (Fsp3) is 0.138. The molecule has 4 heteroatoms. The molecule has 33 heavy (non-hydrogen) atoms. The molecule has 0 bridgehead atoms. The molecule has 0 aliphatic carbocycles. The van der Waals surface area contributed by atoms with Gasteiger partial charge in [-0.25, -0.2) is 4.79 Å². The highest BCUT2D eigenvalue weighted by Crippen LogP contribution is 2.34. The van der Waals surface area contributed by atoms with Crippen LogP contribution in [0.4, 0.5) is 0 Å². The van der Waals surface area contributed by atoms with Gasteiger partial charge in [0.2, 0.25) is 0 Å². The monoisotopic (exact) mass is 455 g/mol. The molecular weight excluding hydrogens is 428 g/mol. The number of esters is 1. The van der Waals surface area contributed by atoms with Gasteiger partial charge >= 0.3 is 5.97 Å². The van der Waals surface area contributed by atoms with Crippen LogP contribution in [-0.4, -0.2) is 11.1 Å². The molecule has 166 valence electrons. The Morgan fingerprint density at radius 3 is 1.88 bits per heavy atom. The molecular formula is C29H27O3S+. The molecule has 0 unspecified atom stereocenters. The first-order valence-corrected chi connectivity index (χ1v) is 12.1. The fourth-order valence-electron chi connectivity index (χ4n) is 3.62. The van der Waals surface area contributed by atoms with E-state index in [0.717, 1.165) is 10.5 Å². The highest BCUT2D eigenvalue weighted by molar-refractivity contribution is 7.97. The van der Waals surface area contributed by atoms with Gasteiger partial charge in [0.15, 0.2) is 14.7 Å². The molecule has 0 aromatic heterocycles. The number of ether oxygens (including phenoxy) is 1. The predicted octanol–water partition coefficient (Wildman–Crippen LogP) is 7.00. The summed E-state index contributed by atoms with van der Waals surface area (Å²) in [4.78, 5) is 16.4. The third-order valence-electron chi connectivity index (χ3n) is 5.25. The van der Waals surface area contributed by atoms with E-state index in [1.165, 1.54) is 9.79 Å². The van der Waals surface area contributed by atoms with Crippen molar-refractivity contribution < 1.29 is 14.6 Å². The first-order chi connectivity index (χ1) is 15.8. The Bertz CT molecular complexity index is 1210. The van der Waals surface area contributed by atoms with Crippen LogP contribution < -0.4 is 4.74 Å². The second-order valence-electron chi connectivity index (χ2n) is 8.78. The largest absolute Gasteiger partial charge is 0.508 e. The molecule has 0 heterocycles. The maximum atomic E-state index is 13.0. The Morgan fingerprint density at radius 1 is 0.727 bits per heavy atom. The van der Waals surface area contributed by atoms with E-state index < -0.39 is 5.97 Å². The van der Waals surface area contributed by atoms with Crippen LogP contribution in [0.3, 0.4) is 0 Å². The summed E-state index contributed by atoms with van der Waals surface area (Å²) in [5.74, 6) is 0.185. The molecule has 0 amide bonds. The smallest absolute Gasteiger partial charge is 0.343 e. The summed E-state index contributed by atoms with van der Waals surface area (Å²) in [5.41, 5.74) is 0.949. The van der Waals surface area contributed by atoms with Crippen molar-refractivity contribution in [2.45, 2.75) is 40.9 Å². The van der Waals surface area contributed by atoms with Crippen molar-refractivity contribution in [2.75, 3.05) is 0 Å². The van der Waals surface area contributed by atoms with Crippen molar-refractivity contribution >= 4 is 16.9 Å². The van der Waals surface area contributed by atoms with Gasteiger partial charge in [-0.05, 0) is 60.0 Å². The third kappa shape index (κ3) is 5.29. The van der Waals surface area contributed by atoms with Gasteiger partial charge < -0.3 is 9.84 Å². The molecule has 0 saturated carbocycles. The van der Waals surface area contributed by atoms with E-state index in [9.17, 15) is 9.90 Å². The number of carbonyl (C=O) groups is 1. The van der Waals surface area contributed by atoms with Crippen molar-refractivity contribution in [1.29, 1.82) is 0 Å². The van der Waals surface area contributed by atoms with Crippen LogP contribution in [0.2, 0.25) is 0 Å². The Labute approximate surface area is 198 Å². The van der Waals surface area contributed by atoms with Crippen LogP contribution in [0.5, 0.6) is 11.5 Å². The first-order valence-electron chi connectivity index (χ1n) is 10.8. The van der Waals surface area contributed by atoms with Gasteiger partial charge in [0.05, 0.1) is 16.5 Å². The topological polar surface area (TPSA) is 46.5 Å². The molecule has 0 aliphatic heterocycles. The van der Waals surface area contributed by atoms with E-state index in [2.05, 4.69) is 30.3 Å². The minimum Gasteiger partial charge on any atom is -0.508 e. The van der Waals surface area contributed by atoms with Gasteiger partial charge in [-0.2, -0.15) is 0 Å². The van der Waals surface area contributed by atoms with Gasteiger partial charge in [0, 0.05) is 11.6 Å². The van der Waals surface area contributed by atoms with Crippen LogP contribution in [0.1, 0.15) is 36.7 Å². The summed E-state index contributed by atoms with van der Waals surface area (Å²) in [7, 11) is -0.347. The van der Waals surface area contributed by atoms with Crippen LogP contribution in [0, 0.1) is 0 Å². The average molecular weight is 456 g/mol. The summed E-state index contributed by atoms with van der Waals surface area (Å²) in [6.07, 6.45) is 0. The number of carbonyl (C=O) groups excluding carboxylic acids is 1. The minimum absolute atomic E-state index is 0.194. The van der Waals surface area contributed by atoms with E-state index in [0.29, 0.717) is 11.3 Å². The Balaban J connectivity index is 1.66. The fourth-order valence-corrected chi connectivity index (χ4v) is 5.75. The lowest BCUT2D eigenvalue weighted by Gasteiger charge is -2.21. The number of hydrogen-bond donors (Lipinski definition) is 1. The van der Waals surface area contributed by atoms with E-state index in [-0.39, 0.29) is 22.1 Å². The van der Waals surface area contributed by atoms with Crippen LogP contribution in [0.15, 0.2) is 118 Å². The van der Waals surface area contributed by atoms with Crippen LogP contribution in [-0.2, 0) is 16.3 Å². The number of aromatic hydroxyl groups is 1. The normalized spacial score (nSPS) is 11.4. The van der Waals surface area contributed by atoms with Crippen molar-refractivity contribution in [3.05, 3.63) is 114 Å². The predicted molar refractivity (Wildman–Crippen MR) is 133 cm³/mol. The summed E-state index contributed by atoms with van der Waals surface area (Å²) < 4.78 is 5.69. The SMILES string of the molecule is CC(C)(C)c1cc(OC(=O)c2cccc([S+](c3ccccc3)c3ccccc3)c2)ccc1O. The zero-order chi connectivity index (χ0) is 23.4. The molecule has 0 aliphatic rings. The molecule has 0 spiro atoms. The summed E-state index contributed by atoms with van der Waals surface area (Å²) in [6.45, 7) is 6.02. The molecule has 0 fully saturated rings. The van der Waals surface area contributed by atoms with Gasteiger partial charge in [-0.3, -0.25) is 0 Å². The van der Waals surface area contributed by atoms with Gasteiger partial charge in [-0.15, -0.1) is 0 Å². The number of benzene rings is 4. The highest BCUT2D eigenvalue weighted by atomic mass is 32.2. The lowest BCUT2D eigenvalue weighted by molar-refractivity contribution is 0.0734. The molecule has 0 atom stereocenters. The summed E-state index contributed by atoms with van der Waals surface area (Å²) in [6, 6.07) is 33.2. The standard InChI is InChI=1S/C29H26O3S/c1-29(2,3)26-20-22(17-18-27(26)30)32-28(31)21-11-10-16-25(19-21)33(23-12-6-4-7-13-23)24-14-8-5-9-15-24/h4-20H,1-3H3/p+1. The highest BCUT2D eigenvalue weighted by Gasteiger charge is 2.29. The minimum atomic E-state index is -0.424. The maximum Gasteiger partial charge on any atom is 0.343 e. The van der Waals surface area contributed by atoms with E-state index in [1.807, 2.05) is 69.3 Å². The number of phenols is 1. The first kappa shape index (κ1) is 22.7. The number of rotatable bonds is 5. The number of hydrogen-bond acceptors (Lipinski definition) is 3. The average Bonchev–Trinajstić information content (AvgIpc) is 2.81. The van der Waals surface area contributed by atoms with Crippen molar-refractivity contribution in [1.82, 2.24) is 0 Å². The third-order valence-corrected chi connectivity index (χ3v) is 7.46. The second-order valence-corrected chi connectivity index (χ2v) is 10.8. The summed E-state index contributed by atoms with van der Waals surface area (Å²) >= 11 is 0. The van der Waals surface area contributed by atoms with Crippen molar-refractivity contribution in [2.24, 2.45) is 0 Å². The molecule has 4 rings (SSSR count). The molecule has 1 N–H and O–H groups in total. The van der Waals surface area contributed by atoms with Gasteiger partial charge in [0.25, 0.3) is 0 Å². The lowest BCUT2D eigenvalue weighted by atomic mass is 9.86. The second kappa shape index (κ2) is 9.55. The van der Waals surface area contributed by atoms with E-state index >= 15 is 0 Å². The van der Waals surface area contributed by atoms with E-state index in [1.54, 1.807) is 24.3 Å². The zero-order valence-electron chi connectivity index (χ0n) is 19.0. The Kier molecular flexibility index (Phi) is 6.57. The number of phenolic OH excluding ortho intramolecular Hbond substituents is 1. The molecule has 4 aromatic rings. The van der Waals surface area contributed by atoms with Gasteiger partial charge in [0.1, 0.15) is 11.5 Å². The van der Waals surface area contributed by atoms with Crippen molar-refractivity contribution in [3.63, 3.8) is 0 Å². The molecule has 0 saturated heterocycles. The molecule has 3 nitrogen and oxygen atoms in total. The quantitative estimate of drug-likeness (QED) is 0.200. The summed E-state index contributed by atoms with van der Waals surface area (Å²) in [5, 5.41) is 10.2. The lowest BCUT2D eigenvalue weighted by Crippen LogP contribution is -2.13. The van der Waals surface area contributed by atoms with Crippen molar-refractivity contribution in [3.8, 4) is 11.5 Å². The van der Waals surface area contributed by atoms with E-state index in [4.69, 9.17) is 4.74 Å². The molecule has 4 aromatic carbocycles. The van der Waals surface area contributed by atoms with Crippen LogP contribution in [0.25, 0.3) is 0 Å². The van der Waals surface area contributed by atoms with Crippen LogP contribution >= 0.6 is 0 Å². The molecule has 0 radical (unpaired) electrons. The maximum absolute atomic E-state index is 13.0. The van der Waals surface area contributed by atoms with Gasteiger partial charge in [-0.1, -0.05) is 63.2 Å².